The molecule has 1 aromatic carbocycles. The predicted octanol–water partition coefficient (Wildman–Crippen LogP) is 1.48. The lowest BCUT2D eigenvalue weighted by atomic mass is 10.1. The van der Waals surface area contributed by atoms with Gasteiger partial charge in [0.05, 0.1) is 18.0 Å². The van der Waals surface area contributed by atoms with Crippen LogP contribution in [0.5, 0.6) is 0 Å². The maximum atomic E-state index is 8.87. The fraction of sp³-hybridized carbons (Fsp3) is 0.333. The molecule has 0 aliphatic carbocycles. The van der Waals surface area contributed by atoms with E-state index in [0.717, 1.165) is 43.1 Å². The Balaban J connectivity index is 2.00. The molecule has 0 amide bonds. The van der Waals surface area contributed by atoms with Crippen LogP contribution in [0.3, 0.4) is 0 Å². The number of hydrogen-bond donors (Lipinski definition) is 1. The maximum absolute atomic E-state index is 8.87. The number of hydrogen-bond acceptors (Lipinski definition) is 4. The highest BCUT2D eigenvalue weighted by Gasteiger charge is 2.18. The summed E-state index contributed by atoms with van der Waals surface area (Å²) in [5, 5.41) is 16.8. The number of benzene rings is 1. The molecule has 102 valence electrons. The number of piperazine rings is 1. The molecule has 2 aromatic rings. The van der Waals surface area contributed by atoms with Crippen LogP contribution in [0.15, 0.2) is 36.5 Å². The zero-order chi connectivity index (χ0) is 13.8. The van der Waals surface area contributed by atoms with E-state index in [0.29, 0.717) is 0 Å². The highest BCUT2D eigenvalue weighted by atomic mass is 15.3. The first kappa shape index (κ1) is 12.7. The maximum Gasteiger partial charge on any atom is 0.128 e. The summed E-state index contributed by atoms with van der Waals surface area (Å²) in [6.07, 6.45) is 1.98. The molecule has 0 atom stereocenters. The van der Waals surface area contributed by atoms with Gasteiger partial charge in [0.25, 0.3) is 0 Å². The quantitative estimate of drug-likeness (QED) is 0.915. The van der Waals surface area contributed by atoms with E-state index in [1.165, 1.54) is 0 Å². The molecule has 0 spiro atoms. The number of anilines is 1. The van der Waals surface area contributed by atoms with E-state index in [2.05, 4.69) is 33.5 Å². The van der Waals surface area contributed by atoms with E-state index in [4.69, 9.17) is 5.26 Å². The van der Waals surface area contributed by atoms with Gasteiger partial charge in [-0.1, -0.05) is 30.3 Å². The van der Waals surface area contributed by atoms with Crippen LogP contribution in [-0.4, -0.2) is 36.0 Å². The summed E-state index contributed by atoms with van der Waals surface area (Å²) in [4.78, 5) is 2.33. The van der Waals surface area contributed by atoms with E-state index in [1.54, 1.807) is 4.68 Å². The molecule has 1 saturated heterocycles. The topological polar surface area (TPSA) is 56.9 Å². The SMILES string of the molecule is N#CCn1cc(N2CCNCC2)c(-c2ccccc2)n1. The second-order valence-electron chi connectivity index (χ2n) is 4.82. The number of nitriles is 1. The summed E-state index contributed by atoms with van der Waals surface area (Å²) in [6, 6.07) is 12.3. The first-order valence-corrected chi connectivity index (χ1v) is 6.84. The van der Waals surface area contributed by atoms with Crippen LogP contribution in [0.2, 0.25) is 0 Å². The Bertz CT molecular complexity index is 605. The van der Waals surface area contributed by atoms with Gasteiger partial charge in [-0.2, -0.15) is 10.4 Å². The van der Waals surface area contributed by atoms with Crippen molar-refractivity contribution in [3.05, 3.63) is 36.5 Å². The average Bonchev–Trinajstić information content (AvgIpc) is 2.93. The first-order chi connectivity index (χ1) is 9.88. The number of aromatic nitrogens is 2. The lowest BCUT2D eigenvalue weighted by Crippen LogP contribution is -2.43. The van der Waals surface area contributed by atoms with Crippen molar-refractivity contribution in [1.29, 1.82) is 5.26 Å². The third kappa shape index (κ3) is 2.51. The summed E-state index contributed by atoms with van der Waals surface area (Å²) < 4.78 is 1.72. The lowest BCUT2D eigenvalue weighted by Gasteiger charge is -2.29. The van der Waals surface area contributed by atoms with Gasteiger partial charge in [-0.3, -0.25) is 4.68 Å². The van der Waals surface area contributed by atoms with Gasteiger partial charge in [-0.05, 0) is 0 Å². The molecule has 0 unspecified atom stereocenters. The first-order valence-electron chi connectivity index (χ1n) is 6.84. The number of nitrogens with one attached hydrogen (secondary N) is 1. The van der Waals surface area contributed by atoms with Crippen molar-refractivity contribution in [3.63, 3.8) is 0 Å². The van der Waals surface area contributed by atoms with Crippen molar-refractivity contribution in [2.45, 2.75) is 6.54 Å². The van der Waals surface area contributed by atoms with Gasteiger partial charge in [-0.15, -0.1) is 0 Å². The van der Waals surface area contributed by atoms with Gasteiger partial charge in [0.1, 0.15) is 12.2 Å². The van der Waals surface area contributed by atoms with Gasteiger partial charge in [0.2, 0.25) is 0 Å². The molecular weight excluding hydrogens is 250 g/mol. The van der Waals surface area contributed by atoms with Crippen molar-refractivity contribution >= 4 is 5.69 Å². The molecule has 20 heavy (non-hydrogen) atoms. The monoisotopic (exact) mass is 267 g/mol. The van der Waals surface area contributed by atoms with Gasteiger partial charge >= 0.3 is 0 Å². The normalized spacial score (nSPS) is 15.1. The van der Waals surface area contributed by atoms with Gasteiger partial charge in [0, 0.05) is 31.7 Å². The minimum absolute atomic E-state index is 0.284. The molecule has 1 fully saturated rings. The molecule has 1 aliphatic heterocycles. The molecular formula is C15H17N5. The molecule has 1 aliphatic rings. The average molecular weight is 267 g/mol. The van der Waals surface area contributed by atoms with Crippen molar-refractivity contribution in [1.82, 2.24) is 15.1 Å². The lowest BCUT2D eigenvalue weighted by molar-refractivity contribution is 0.589. The molecule has 0 saturated carbocycles. The molecule has 2 heterocycles. The Morgan fingerprint density at radius 1 is 1.20 bits per heavy atom. The van der Waals surface area contributed by atoms with Crippen molar-refractivity contribution in [2.75, 3.05) is 31.1 Å². The second-order valence-corrected chi connectivity index (χ2v) is 4.82. The van der Waals surface area contributed by atoms with Crippen molar-refractivity contribution < 1.29 is 0 Å². The fourth-order valence-corrected chi connectivity index (χ4v) is 2.50. The third-order valence-corrected chi connectivity index (χ3v) is 3.48. The summed E-state index contributed by atoms with van der Waals surface area (Å²) >= 11 is 0. The zero-order valence-electron chi connectivity index (χ0n) is 11.3. The summed E-state index contributed by atoms with van der Waals surface area (Å²) in [6.45, 7) is 4.19. The zero-order valence-corrected chi connectivity index (χ0v) is 11.3. The molecule has 3 rings (SSSR count). The van der Waals surface area contributed by atoms with Crippen LogP contribution < -0.4 is 10.2 Å². The van der Waals surface area contributed by atoms with Gasteiger partial charge < -0.3 is 10.2 Å². The van der Waals surface area contributed by atoms with E-state index in [-0.39, 0.29) is 6.54 Å². The Morgan fingerprint density at radius 2 is 1.95 bits per heavy atom. The minimum Gasteiger partial charge on any atom is -0.366 e. The van der Waals surface area contributed by atoms with Gasteiger partial charge in [0.15, 0.2) is 0 Å². The van der Waals surface area contributed by atoms with Crippen LogP contribution in [0.1, 0.15) is 0 Å². The molecule has 0 radical (unpaired) electrons. The highest BCUT2D eigenvalue weighted by molar-refractivity contribution is 5.74. The molecule has 1 aromatic heterocycles. The van der Waals surface area contributed by atoms with Crippen molar-refractivity contribution in [2.24, 2.45) is 0 Å². The molecule has 5 nitrogen and oxygen atoms in total. The van der Waals surface area contributed by atoms with Gasteiger partial charge in [-0.25, -0.2) is 0 Å². The summed E-state index contributed by atoms with van der Waals surface area (Å²) in [5.74, 6) is 0. The summed E-state index contributed by atoms with van der Waals surface area (Å²) in [7, 11) is 0. The van der Waals surface area contributed by atoms with Crippen LogP contribution in [0, 0.1) is 11.3 Å². The van der Waals surface area contributed by atoms with Crippen LogP contribution >= 0.6 is 0 Å². The van der Waals surface area contributed by atoms with Crippen LogP contribution in [-0.2, 0) is 6.54 Å². The Morgan fingerprint density at radius 3 is 2.65 bits per heavy atom. The number of nitrogens with zero attached hydrogens (tertiary/aromatic N) is 4. The Kier molecular flexibility index (Phi) is 3.66. The smallest absolute Gasteiger partial charge is 0.128 e. The predicted molar refractivity (Wildman–Crippen MR) is 78.4 cm³/mol. The largest absolute Gasteiger partial charge is 0.366 e. The van der Waals surface area contributed by atoms with Crippen LogP contribution in [0.25, 0.3) is 11.3 Å². The van der Waals surface area contributed by atoms with Crippen molar-refractivity contribution in [3.8, 4) is 17.3 Å². The molecule has 5 heteroatoms. The van der Waals surface area contributed by atoms with E-state index >= 15 is 0 Å². The van der Waals surface area contributed by atoms with Crippen LogP contribution in [0.4, 0.5) is 5.69 Å². The number of rotatable bonds is 3. The molecule has 1 N–H and O–H groups in total. The summed E-state index contributed by atoms with van der Waals surface area (Å²) in [5.41, 5.74) is 3.17. The fourth-order valence-electron chi connectivity index (χ4n) is 2.50. The Labute approximate surface area is 118 Å². The third-order valence-electron chi connectivity index (χ3n) is 3.48. The Hall–Kier alpha value is -2.32. The standard InChI is InChI=1S/C15H17N5/c16-6-9-20-12-14(19-10-7-17-8-11-19)15(18-20)13-4-2-1-3-5-13/h1-5,12,17H,7-11H2. The second kappa shape index (κ2) is 5.76. The minimum atomic E-state index is 0.284. The van der Waals surface area contributed by atoms with E-state index in [9.17, 15) is 0 Å². The molecule has 0 bridgehead atoms. The van der Waals surface area contributed by atoms with E-state index in [1.807, 2.05) is 24.4 Å². The highest BCUT2D eigenvalue weighted by Crippen LogP contribution is 2.29. The van der Waals surface area contributed by atoms with E-state index < -0.39 is 0 Å².